The third kappa shape index (κ3) is 4.28. The summed E-state index contributed by atoms with van der Waals surface area (Å²) in [6.07, 6.45) is 3.23. The van der Waals surface area contributed by atoms with Crippen molar-refractivity contribution in [2.24, 2.45) is 5.92 Å². The van der Waals surface area contributed by atoms with Gasteiger partial charge in [0.15, 0.2) is 0 Å². The second-order valence-corrected chi connectivity index (χ2v) is 10.8. The minimum atomic E-state index is -3.58. The van der Waals surface area contributed by atoms with Crippen LogP contribution in [0.3, 0.4) is 0 Å². The fourth-order valence-corrected chi connectivity index (χ4v) is 6.68. The van der Waals surface area contributed by atoms with Gasteiger partial charge in [0.25, 0.3) is 15.9 Å². The molecule has 1 aromatic carbocycles. The number of para-hydroxylation sites is 1. The summed E-state index contributed by atoms with van der Waals surface area (Å²) in [6, 6.07) is 10.3. The lowest BCUT2D eigenvalue weighted by atomic mass is 9.98. The van der Waals surface area contributed by atoms with E-state index in [2.05, 4.69) is 5.32 Å². The fraction of sp³-hybridized carbons (Fsp3) is 0.429. The number of thiophene rings is 1. The number of nitrogens with zero attached hydrogens (tertiary/aromatic N) is 2. The lowest BCUT2D eigenvalue weighted by molar-refractivity contribution is -0.120. The van der Waals surface area contributed by atoms with Crippen LogP contribution in [0, 0.1) is 5.92 Å². The number of nitrogens with one attached hydrogen (secondary N) is 1. The van der Waals surface area contributed by atoms with E-state index in [1.165, 1.54) is 15.6 Å². The molecule has 1 atom stereocenters. The van der Waals surface area contributed by atoms with Crippen LogP contribution in [-0.2, 0) is 14.8 Å². The number of rotatable bonds is 5. The molecule has 4 rings (SSSR count). The number of carbonyl (C=O) groups is 2. The number of likely N-dealkylation sites (tertiary alicyclic amines) is 1. The van der Waals surface area contributed by atoms with Crippen molar-refractivity contribution in [3.63, 3.8) is 0 Å². The van der Waals surface area contributed by atoms with Gasteiger partial charge in [-0.1, -0.05) is 18.2 Å². The molecule has 3 heterocycles. The average molecular weight is 448 g/mol. The van der Waals surface area contributed by atoms with E-state index in [4.69, 9.17) is 0 Å². The highest BCUT2D eigenvalue weighted by Crippen LogP contribution is 2.28. The molecule has 0 aliphatic carbocycles. The predicted molar refractivity (Wildman–Crippen MR) is 116 cm³/mol. The molecule has 1 aromatic heterocycles. The third-order valence-electron chi connectivity index (χ3n) is 5.65. The third-order valence-corrected chi connectivity index (χ3v) is 8.89. The summed E-state index contributed by atoms with van der Waals surface area (Å²) >= 11 is 1.18. The number of amides is 2. The standard InChI is InChI=1S/C21H25N3O4S2/c25-20(16-7-5-13-24(15-16)30(27,28)19-10-6-14-29-19)22-18-9-2-1-8-17(18)21(26)23-11-3-4-12-23/h1-2,6,8-10,14,16H,3-5,7,11-13,15H2,(H,22,25)/t16-/m0/s1. The van der Waals surface area contributed by atoms with E-state index >= 15 is 0 Å². The molecule has 0 saturated carbocycles. The minimum absolute atomic E-state index is 0.0751. The number of anilines is 1. The van der Waals surface area contributed by atoms with E-state index in [0.717, 1.165) is 25.9 Å². The Labute approximate surface area is 180 Å². The summed E-state index contributed by atoms with van der Waals surface area (Å²) in [4.78, 5) is 27.6. The second kappa shape index (κ2) is 8.87. The highest BCUT2D eigenvalue weighted by atomic mass is 32.2. The molecule has 2 saturated heterocycles. The van der Waals surface area contributed by atoms with E-state index in [1.54, 1.807) is 46.7 Å². The number of hydrogen-bond acceptors (Lipinski definition) is 5. The molecular weight excluding hydrogens is 422 g/mol. The largest absolute Gasteiger partial charge is 0.339 e. The Bertz CT molecular complexity index is 1010. The van der Waals surface area contributed by atoms with Crippen LogP contribution >= 0.6 is 11.3 Å². The highest BCUT2D eigenvalue weighted by molar-refractivity contribution is 7.91. The topological polar surface area (TPSA) is 86.8 Å². The van der Waals surface area contributed by atoms with E-state index in [0.29, 0.717) is 34.8 Å². The Kier molecular flexibility index (Phi) is 6.21. The molecule has 160 valence electrons. The van der Waals surface area contributed by atoms with Crippen LogP contribution in [0.5, 0.6) is 0 Å². The predicted octanol–water partition coefficient (Wildman–Crippen LogP) is 3.02. The van der Waals surface area contributed by atoms with Gasteiger partial charge in [-0.25, -0.2) is 8.42 Å². The maximum absolute atomic E-state index is 13.0. The number of sulfonamides is 1. The molecule has 2 aliphatic heterocycles. The van der Waals surface area contributed by atoms with Gasteiger partial charge in [-0.2, -0.15) is 4.31 Å². The maximum Gasteiger partial charge on any atom is 0.255 e. The summed E-state index contributed by atoms with van der Waals surface area (Å²) in [6.45, 7) is 2.03. The van der Waals surface area contributed by atoms with Gasteiger partial charge in [0.05, 0.1) is 17.2 Å². The Morgan fingerprint density at radius 3 is 2.50 bits per heavy atom. The molecule has 2 aromatic rings. The molecule has 2 amide bonds. The van der Waals surface area contributed by atoms with Gasteiger partial charge in [0, 0.05) is 26.2 Å². The zero-order valence-corrected chi connectivity index (χ0v) is 18.3. The van der Waals surface area contributed by atoms with Crippen molar-refractivity contribution in [3.05, 3.63) is 47.3 Å². The quantitative estimate of drug-likeness (QED) is 0.763. The van der Waals surface area contributed by atoms with Crippen LogP contribution < -0.4 is 5.32 Å². The van der Waals surface area contributed by atoms with E-state index in [-0.39, 0.29) is 18.4 Å². The first kappa shape index (κ1) is 21.0. The van der Waals surface area contributed by atoms with Crippen molar-refractivity contribution in [2.75, 3.05) is 31.5 Å². The SMILES string of the molecule is O=C(Nc1ccccc1C(=O)N1CCCC1)[C@H]1CCCN(S(=O)(=O)c2cccs2)C1. The second-order valence-electron chi connectivity index (χ2n) is 7.67. The molecule has 0 unspecified atom stereocenters. The minimum Gasteiger partial charge on any atom is -0.339 e. The van der Waals surface area contributed by atoms with Crippen molar-refractivity contribution in [3.8, 4) is 0 Å². The van der Waals surface area contributed by atoms with Crippen LogP contribution in [0.25, 0.3) is 0 Å². The molecular formula is C21H25N3O4S2. The van der Waals surface area contributed by atoms with E-state index in [1.807, 2.05) is 0 Å². The van der Waals surface area contributed by atoms with Crippen LogP contribution in [0.15, 0.2) is 46.0 Å². The molecule has 1 N–H and O–H groups in total. The Morgan fingerprint density at radius 1 is 1.00 bits per heavy atom. The molecule has 2 fully saturated rings. The van der Waals surface area contributed by atoms with Gasteiger partial charge in [-0.15, -0.1) is 11.3 Å². The smallest absolute Gasteiger partial charge is 0.255 e. The number of hydrogen-bond donors (Lipinski definition) is 1. The Balaban J connectivity index is 1.47. The van der Waals surface area contributed by atoms with Crippen molar-refractivity contribution in [2.45, 2.75) is 29.9 Å². The molecule has 0 spiro atoms. The molecule has 7 nitrogen and oxygen atoms in total. The highest BCUT2D eigenvalue weighted by Gasteiger charge is 2.34. The maximum atomic E-state index is 13.0. The number of piperidine rings is 1. The summed E-state index contributed by atoms with van der Waals surface area (Å²) in [5, 5.41) is 4.62. The molecule has 30 heavy (non-hydrogen) atoms. The van der Waals surface area contributed by atoms with Crippen molar-refractivity contribution >= 4 is 38.9 Å². The molecule has 0 radical (unpaired) electrons. The van der Waals surface area contributed by atoms with Gasteiger partial charge in [0.2, 0.25) is 5.91 Å². The number of benzene rings is 1. The van der Waals surface area contributed by atoms with Gasteiger partial charge in [-0.3, -0.25) is 9.59 Å². The van der Waals surface area contributed by atoms with Gasteiger partial charge in [-0.05, 0) is 49.3 Å². The van der Waals surface area contributed by atoms with Gasteiger partial charge in [0.1, 0.15) is 4.21 Å². The van der Waals surface area contributed by atoms with Crippen LogP contribution in [-0.4, -0.2) is 55.6 Å². The van der Waals surface area contributed by atoms with Gasteiger partial charge >= 0.3 is 0 Å². The zero-order valence-electron chi connectivity index (χ0n) is 16.6. The van der Waals surface area contributed by atoms with Crippen molar-refractivity contribution < 1.29 is 18.0 Å². The van der Waals surface area contributed by atoms with Crippen molar-refractivity contribution in [1.82, 2.24) is 9.21 Å². The first-order valence-electron chi connectivity index (χ1n) is 10.2. The molecule has 9 heteroatoms. The van der Waals surface area contributed by atoms with Gasteiger partial charge < -0.3 is 10.2 Å². The fourth-order valence-electron chi connectivity index (χ4n) is 4.02. The van der Waals surface area contributed by atoms with E-state index < -0.39 is 15.9 Å². The summed E-state index contributed by atoms with van der Waals surface area (Å²) in [5.74, 6) is -0.778. The van der Waals surface area contributed by atoms with Crippen molar-refractivity contribution in [1.29, 1.82) is 0 Å². The summed E-state index contributed by atoms with van der Waals surface area (Å²) in [7, 11) is -3.58. The normalized spacial score (nSPS) is 20.3. The summed E-state index contributed by atoms with van der Waals surface area (Å²) < 4.78 is 27.3. The number of carbonyl (C=O) groups excluding carboxylic acids is 2. The lowest BCUT2D eigenvalue weighted by Crippen LogP contribution is -2.43. The molecule has 2 aliphatic rings. The van der Waals surface area contributed by atoms with Crippen LogP contribution in [0.2, 0.25) is 0 Å². The first-order chi connectivity index (χ1) is 14.5. The zero-order chi connectivity index (χ0) is 21.1. The first-order valence-corrected chi connectivity index (χ1v) is 12.5. The average Bonchev–Trinajstić information content (AvgIpc) is 3.48. The van der Waals surface area contributed by atoms with Crippen LogP contribution in [0.4, 0.5) is 5.69 Å². The Morgan fingerprint density at radius 2 is 1.77 bits per heavy atom. The Hall–Kier alpha value is -2.23. The van der Waals surface area contributed by atoms with Crippen LogP contribution in [0.1, 0.15) is 36.0 Å². The molecule has 0 bridgehead atoms. The van der Waals surface area contributed by atoms with E-state index in [9.17, 15) is 18.0 Å². The monoisotopic (exact) mass is 447 g/mol. The lowest BCUT2D eigenvalue weighted by Gasteiger charge is -2.31. The summed E-state index contributed by atoms with van der Waals surface area (Å²) in [5.41, 5.74) is 0.962.